The number of halogens is 1. The van der Waals surface area contributed by atoms with Crippen LogP contribution in [0, 0.1) is 0 Å². The highest BCUT2D eigenvalue weighted by Gasteiger charge is 2.08. The lowest BCUT2D eigenvalue weighted by molar-refractivity contribution is -0.119. The molecule has 0 aliphatic rings. The van der Waals surface area contributed by atoms with Crippen molar-refractivity contribution in [2.45, 2.75) is 11.8 Å². The minimum absolute atomic E-state index is 0.213. The molecule has 7 heteroatoms. The van der Waals surface area contributed by atoms with Crippen LogP contribution in [-0.2, 0) is 4.79 Å². The van der Waals surface area contributed by atoms with Gasteiger partial charge in [0.05, 0.1) is 12.4 Å². The molecule has 2 rings (SSSR count). The van der Waals surface area contributed by atoms with E-state index in [0.717, 1.165) is 9.37 Å². The second-order valence-corrected chi connectivity index (χ2v) is 6.67. The molecule has 0 heterocycles. The Kier molecular flexibility index (Phi) is 7.14. The average Bonchev–Trinajstić information content (AvgIpc) is 2.60. The van der Waals surface area contributed by atoms with E-state index in [2.05, 4.69) is 26.8 Å². The van der Waals surface area contributed by atoms with Crippen LogP contribution < -0.4 is 15.6 Å². The van der Waals surface area contributed by atoms with E-state index in [1.807, 2.05) is 31.2 Å². The van der Waals surface area contributed by atoms with E-state index in [0.29, 0.717) is 17.9 Å². The summed E-state index contributed by atoms with van der Waals surface area (Å²) in [5.74, 6) is 0.261. The SMILES string of the molecule is CCOc1ccc(C(=O)NNC(=O)CSc2ccc(Br)cc2)cc1. The van der Waals surface area contributed by atoms with Crippen LogP contribution in [0.5, 0.6) is 5.75 Å². The van der Waals surface area contributed by atoms with Crippen molar-refractivity contribution in [1.82, 2.24) is 10.9 Å². The van der Waals surface area contributed by atoms with Crippen molar-refractivity contribution >= 4 is 39.5 Å². The number of amides is 2. The number of benzene rings is 2. The zero-order valence-electron chi connectivity index (χ0n) is 13.0. The van der Waals surface area contributed by atoms with Crippen molar-refractivity contribution in [3.05, 3.63) is 58.6 Å². The predicted octanol–water partition coefficient (Wildman–Crippen LogP) is 3.40. The van der Waals surface area contributed by atoms with Crippen LogP contribution in [0.1, 0.15) is 17.3 Å². The Morgan fingerprint density at radius 2 is 1.71 bits per heavy atom. The zero-order chi connectivity index (χ0) is 17.4. The van der Waals surface area contributed by atoms with E-state index in [4.69, 9.17) is 4.74 Å². The molecular weight excluding hydrogens is 392 g/mol. The molecule has 0 aliphatic heterocycles. The highest BCUT2D eigenvalue weighted by molar-refractivity contribution is 9.10. The number of ether oxygens (including phenoxy) is 1. The standard InChI is InChI=1S/C17H17BrN2O3S/c1-2-23-14-7-3-12(4-8-14)17(22)20-19-16(21)11-24-15-9-5-13(18)6-10-15/h3-10H,2,11H2,1H3,(H,19,21)(H,20,22). The smallest absolute Gasteiger partial charge is 0.269 e. The number of carbonyl (C=O) groups excluding carboxylic acids is 2. The number of nitrogens with one attached hydrogen (secondary N) is 2. The topological polar surface area (TPSA) is 67.4 Å². The molecule has 126 valence electrons. The molecule has 2 aromatic rings. The third-order valence-corrected chi connectivity index (χ3v) is 4.47. The van der Waals surface area contributed by atoms with Crippen molar-refractivity contribution in [2.24, 2.45) is 0 Å². The minimum Gasteiger partial charge on any atom is -0.494 e. The van der Waals surface area contributed by atoms with Crippen molar-refractivity contribution in [2.75, 3.05) is 12.4 Å². The molecule has 2 N–H and O–H groups in total. The van der Waals surface area contributed by atoms with Crippen LogP contribution >= 0.6 is 27.7 Å². The quantitative estimate of drug-likeness (QED) is 0.567. The summed E-state index contributed by atoms with van der Waals surface area (Å²) in [6, 6.07) is 14.4. The van der Waals surface area contributed by atoms with Crippen molar-refractivity contribution < 1.29 is 14.3 Å². The molecule has 0 fully saturated rings. The third kappa shape index (κ3) is 5.90. The molecule has 0 spiro atoms. The van der Waals surface area contributed by atoms with Crippen molar-refractivity contribution in [3.63, 3.8) is 0 Å². The van der Waals surface area contributed by atoms with Crippen molar-refractivity contribution in [3.8, 4) is 5.75 Å². The lowest BCUT2D eigenvalue weighted by Gasteiger charge is -2.08. The van der Waals surface area contributed by atoms with Gasteiger partial charge in [-0.15, -0.1) is 11.8 Å². The molecule has 2 aromatic carbocycles. The fraction of sp³-hybridized carbons (Fsp3) is 0.176. The Hall–Kier alpha value is -1.99. The molecule has 0 atom stereocenters. The van der Waals surface area contributed by atoms with Gasteiger partial charge in [-0.3, -0.25) is 20.4 Å². The monoisotopic (exact) mass is 408 g/mol. The molecule has 0 aliphatic carbocycles. The molecule has 0 radical (unpaired) electrons. The van der Waals surface area contributed by atoms with Crippen molar-refractivity contribution in [1.29, 1.82) is 0 Å². The Balaban J connectivity index is 1.76. The number of hydrogen-bond acceptors (Lipinski definition) is 4. The normalized spacial score (nSPS) is 10.1. The van der Waals surface area contributed by atoms with Crippen LogP contribution in [0.3, 0.4) is 0 Å². The Morgan fingerprint density at radius 1 is 1.04 bits per heavy atom. The molecule has 0 unspecified atom stereocenters. The first-order chi connectivity index (χ1) is 11.6. The van der Waals surface area contributed by atoms with E-state index < -0.39 is 0 Å². The summed E-state index contributed by atoms with van der Waals surface area (Å²) in [7, 11) is 0. The van der Waals surface area contributed by atoms with E-state index in [-0.39, 0.29) is 17.6 Å². The first kappa shape index (κ1) is 18.4. The van der Waals surface area contributed by atoms with Gasteiger partial charge in [-0.25, -0.2) is 0 Å². The molecule has 0 aromatic heterocycles. The minimum atomic E-state index is -0.375. The maximum atomic E-state index is 12.0. The lowest BCUT2D eigenvalue weighted by atomic mass is 10.2. The Morgan fingerprint density at radius 3 is 2.33 bits per heavy atom. The first-order valence-corrected chi connectivity index (χ1v) is 9.06. The summed E-state index contributed by atoms with van der Waals surface area (Å²) in [4.78, 5) is 24.7. The highest BCUT2D eigenvalue weighted by atomic mass is 79.9. The van der Waals surface area contributed by atoms with E-state index >= 15 is 0 Å². The Bertz CT molecular complexity index is 690. The van der Waals surface area contributed by atoms with Crippen LogP contribution in [-0.4, -0.2) is 24.2 Å². The van der Waals surface area contributed by atoms with Gasteiger partial charge in [0.15, 0.2) is 0 Å². The lowest BCUT2D eigenvalue weighted by Crippen LogP contribution is -2.42. The van der Waals surface area contributed by atoms with Gasteiger partial charge in [0.1, 0.15) is 5.75 Å². The summed E-state index contributed by atoms with van der Waals surface area (Å²) in [5.41, 5.74) is 5.24. The highest BCUT2D eigenvalue weighted by Crippen LogP contribution is 2.20. The van der Waals surface area contributed by atoms with Gasteiger partial charge in [-0.2, -0.15) is 0 Å². The van der Waals surface area contributed by atoms with Gasteiger partial charge >= 0.3 is 0 Å². The molecule has 0 saturated carbocycles. The molecule has 0 saturated heterocycles. The average molecular weight is 409 g/mol. The second-order valence-electron chi connectivity index (χ2n) is 4.70. The summed E-state index contributed by atoms with van der Waals surface area (Å²) >= 11 is 4.75. The molecule has 0 bridgehead atoms. The first-order valence-electron chi connectivity index (χ1n) is 7.29. The number of thioether (sulfide) groups is 1. The van der Waals surface area contributed by atoms with Gasteiger partial charge in [0.2, 0.25) is 5.91 Å². The fourth-order valence-corrected chi connectivity index (χ4v) is 2.75. The summed E-state index contributed by atoms with van der Waals surface area (Å²) in [6.07, 6.45) is 0. The van der Waals surface area contributed by atoms with E-state index in [1.165, 1.54) is 11.8 Å². The maximum Gasteiger partial charge on any atom is 0.269 e. The number of hydrogen-bond donors (Lipinski definition) is 2. The van der Waals surface area contributed by atoms with Crippen LogP contribution in [0.2, 0.25) is 0 Å². The van der Waals surface area contributed by atoms with Crippen LogP contribution in [0.4, 0.5) is 0 Å². The number of carbonyl (C=O) groups is 2. The summed E-state index contributed by atoms with van der Waals surface area (Å²) < 4.78 is 6.30. The predicted molar refractivity (Wildman–Crippen MR) is 98.1 cm³/mol. The number of hydrazine groups is 1. The van der Waals surface area contributed by atoms with E-state index in [1.54, 1.807) is 24.3 Å². The second kappa shape index (κ2) is 9.34. The van der Waals surface area contributed by atoms with Crippen LogP contribution in [0.25, 0.3) is 0 Å². The summed E-state index contributed by atoms with van der Waals surface area (Å²) in [5, 5.41) is 0. The van der Waals surface area contributed by atoms with Gasteiger partial charge in [0, 0.05) is 14.9 Å². The van der Waals surface area contributed by atoms with Gasteiger partial charge in [0.25, 0.3) is 5.91 Å². The van der Waals surface area contributed by atoms with Gasteiger partial charge < -0.3 is 4.74 Å². The van der Waals surface area contributed by atoms with Gasteiger partial charge in [-0.1, -0.05) is 15.9 Å². The molecule has 2 amide bonds. The van der Waals surface area contributed by atoms with Gasteiger partial charge in [-0.05, 0) is 55.5 Å². The fourth-order valence-electron chi connectivity index (χ4n) is 1.78. The largest absolute Gasteiger partial charge is 0.494 e. The molecule has 5 nitrogen and oxygen atoms in total. The third-order valence-electron chi connectivity index (χ3n) is 2.93. The van der Waals surface area contributed by atoms with Crippen LogP contribution in [0.15, 0.2) is 57.9 Å². The zero-order valence-corrected chi connectivity index (χ0v) is 15.4. The molecular formula is C17H17BrN2O3S. The maximum absolute atomic E-state index is 12.0. The summed E-state index contributed by atoms with van der Waals surface area (Å²) in [6.45, 7) is 2.46. The number of rotatable bonds is 6. The Labute approximate surface area is 153 Å². The van der Waals surface area contributed by atoms with E-state index in [9.17, 15) is 9.59 Å². The molecule has 24 heavy (non-hydrogen) atoms.